The lowest BCUT2D eigenvalue weighted by Gasteiger charge is -2.20. The Morgan fingerprint density at radius 1 is 1.47 bits per heavy atom. The van der Waals surface area contributed by atoms with Gasteiger partial charge in [-0.1, -0.05) is 0 Å². The van der Waals surface area contributed by atoms with Gasteiger partial charge >= 0.3 is 6.03 Å². The third-order valence-corrected chi connectivity index (χ3v) is 2.85. The zero-order chi connectivity index (χ0) is 13.8. The summed E-state index contributed by atoms with van der Waals surface area (Å²) in [6.07, 6.45) is 0.905. The largest absolute Gasteiger partial charge is 0.394 e. The Hall–Kier alpha value is -2.05. The molecular weight excluding hydrogens is 246 g/mol. The van der Waals surface area contributed by atoms with Gasteiger partial charge in [0, 0.05) is 29.8 Å². The van der Waals surface area contributed by atoms with E-state index in [2.05, 4.69) is 10.3 Å². The molecule has 19 heavy (non-hydrogen) atoms. The lowest BCUT2D eigenvalue weighted by Crippen LogP contribution is -2.38. The topological polar surface area (TPSA) is 88.6 Å². The van der Waals surface area contributed by atoms with Crippen LogP contribution in [-0.2, 0) is 0 Å². The fourth-order valence-corrected chi connectivity index (χ4v) is 1.81. The fraction of sp³-hybridized carbons (Fsp3) is 0.308. The number of benzene rings is 1. The van der Waals surface area contributed by atoms with Gasteiger partial charge in [-0.15, -0.1) is 0 Å². The fourth-order valence-electron chi connectivity index (χ4n) is 1.81. The van der Waals surface area contributed by atoms with Crippen LogP contribution in [0.5, 0.6) is 0 Å². The van der Waals surface area contributed by atoms with E-state index in [4.69, 9.17) is 5.11 Å². The van der Waals surface area contributed by atoms with Gasteiger partial charge in [-0.3, -0.25) is 0 Å². The maximum atomic E-state index is 11.9. The van der Waals surface area contributed by atoms with Crippen molar-refractivity contribution in [2.24, 2.45) is 0 Å². The lowest BCUT2D eigenvalue weighted by atomic mass is 10.2. The van der Waals surface area contributed by atoms with Crippen LogP contribution in [0.3, 0.4) is 0 Å². The van der Waals surface area contributed by atoms with Gasteiger partial charge in [0.25, 0.3) is 0 Å². The minimum absolute atomic E-state index is 0.0781. The zero-order valence-corrected chi connectivity index (χ0v) is 10.6. The van der Waals surface area contributed by atoms with E-state index in [0.717, 1.165) is 10.9 Å². The van der Waals surface area contributed by atoms with Crippen molar-refractivity contribution in [2.45, 2.75) is 6.10 Å². The Balaban J connectivity index is 2.01. The molecular formula is C13H17N3O3. The van der Waals surface area contributed by atoms with Crippen LogP contribution in [0.4, 0.5) is 10.5 Å². The number of rotatable bonds is 4. The average Bonchev–Trinajstić information content (AvgIpc) is 2.85. The summed E-state index contributed by atoms with van der Waals surface area (Å²) >= 11 is 0. The molecule has 0 bridgehead atoms. The van der Waals surface area contributed by atoms with Crippen LogP contribution in [0.15, 0.2) is 30.5 Å². The van der Waals surface area contributed by atoms with Crippen molar-refractivity contribution in [1.29, 1.82) is 0 Å². The molecule has 102 valence electrons. The van der Waals surface area contributed by atoms with Crippen molar-refractivity contribution < 1.29 is 15.0 Å². The maximum Gasteiger partial charge on any atom is 0.321 e. The first-order chi connectivity index (χ1) is 9.10. The average molecular weight is 263 g/mol. The Labute approximate surface area is 110 Å². The molecule has 2 amide bonds. The standard InChI is InChI=1S/C13H17N3O3/c1-16(7-11(18)8-17)13(19)15-10-2-3-12-9(6-10)4-5-14-12/h2-6,11,14,17-18H,7-8H2,1H3,(H,15,19). The van der Waals surface area contributed by atoms with Crippen molar-refractivity contribution >= 4 is 22.6 Å². The number of nitrogens with one attached hydrogen (secondary N) is 2. The molecule has 0 aliphatic rings. The highest BCUT2D eigenvalue weighted by molar-refractivity contribution is 5.92. The Kier molecular flexibility index (Phi) is 4.03. The van der Waals surface area contributed by atoms with Gasteiger partial charge in [-0.25, -0.2) is 4.79 Å². The van der Waals surface area contributed by atoms with E-state index in [1.54, 1.807) is 13.1 Å². The van der Waals surface area contributed by atoms with E-state index >= 15 is 0 Å². The number of aliphatic hydroxyl groups excluding tert-OH is 2. The van der Waals surface area contributed by atoms with Crippen molar-refractivity contribution in [3.8, 4) is 0 Å². The first kappa shape index (κ1) is 13.4. The summed E-state index contributed by atoms with van der Waals surface area (Å²) in [6.45, 7) is -0.290. The van der Waals surface area contributed by atoms with E-state index < -0.39 is 6.10 Å². The number of H-pyrrole nitrogens is 1. The van der Waals surface area contributed by atoms with Gasteiger partial charge in [-0.2, -0.15) is 0 Å². The second kappa shape index (κ2) is 5.73. The molecule has 4 N–H and O–H groups in total. The number of carbonyl (C=O) groups excluding carboxylic acids is 1. The molecule has 6 nitrogen and oxygen atoms in total. The quantitative estimate of drug-likeness (QED) is 0.663. The Morgan fingerprint density at radius 2 is 2.26 bits per heavy atom. The highest BCUT2D eigenvalue weighted by atomic mass is 16.3. The first-order valence-electron chi connectivity index (χ1n) is 5.98. The zero-order valence-electron chi connectivity index (χ0n) is 10.6. The van der Waals surface area contributed by atoms with Crippen molar-refractivity contribution in [3.05, 3.63) is 30.5 Å². The molecule has 2 aromatic rings. The summed E-state index contributed by atoms with van der Waals surface area (Å²) in [5.41, 5.74) is 1.68. The number of nitrogens with zero attached hydrogens (tertiary/aromatic N) is 1. The molecule has 0 saturated carbocycles. The highest BCUT2D eigenvalue weighted by Crippen LogP contribution is 2.17. The highest BCUT2D eigenvalue weighted by Gasteiger charge is 2.13. The number of hydrogen-bond donors (Lipinski definition) is 4. The van der Waals surface area contributed by atoms with Crippen LogP contribution < -0.4 is 5.32 Å². The van der Waals surface area contributed by atoms with Gasteiger partial charge in [0.2, 0.25) is 0 Å². The van der Waals surface area contributed by atoms with Crippen LogP contribution >= 0.6 is 0 Å². The predicted molar refractivity (Wildman–Crippen MR) is 73.0 cm³/mol. The Bertz CT molecular complexity index is 567. The molecule has 1 atom stereocenters. The van der Waals surface area contributed by atoms with Crippen LogP contribution in [0.1, 0.15) is 0 Å². The number of aromatic nitrogens is 1. The second-order valence-corrected chi connectivity index (χ2v) is 4.43. The van der Waals surface area contributed by atoms with Crippen LogP contribution in [-0.4, -0.2) is 52.4 Å². The third kappa shape index (κ3) is 3.24. The van der Waals surface area contributed by atoms with E-state index in [1.165, 1.54) is 4.90 Å². The number of aromatic amines is 1. The van der Waals surface area contributed by atoms with Gasteiger partial charge < -0.3 is 25.4 Å². The number of fused-ring (bicyclic) bond motifs is 1. The SMILES string of the molecule is CN(CC(O)CO)C(=O)Nc1ccc2[nH]ccc2c1. The summed E-state index contributed by atoms with van der Waals surface area (Å²) in [5.74, 6) is 0. The summed E-state index contributed by atoms with van der Waals surface area (Å²) in [4.78, 5) is 16.2. The monoisotopic (exact) mass is 263 g/mol. The van der Waals surface area contributed by atoms with Crippen molar-refractivity contribution in [1.82, 2.24) is 9.88 Å². The predicted octanol–water partition coefficient (Wildman–Crippen LogP) is 0.985. The molecule has 1 unspecified atom stereocenters. The second-order valence-electron chi connectivity index (χ2n) is 4.43. The van der Waals surface area contributed by atoms with Gasteiger partial charge in [-0.05, 0) is 24.3 Å². The smallest absolute Gasteiger partial charge is 0.321 e. The molecule has 2 rings (SSSR count). The molecule has 0 spiro atoms. The van der Waals surface area contributed by atoms with E-state index in [1.807, 2.05) is 24.4 Å². The maximum absolute atomic E-state index is 11.9. The number of amides is 2. The normalized spacial score (nSPS) is 12.4. The molecule has 6 heteroatoms. The third-order valence-electron chi connectivity index (χ3n) is 2.85. The Morgan fingerprint density at radius 3 is 3.00 bits per heavy atom. The molecule has 0 radical (unpaired) electrons. The minimum atomic E-state index is -0.928. The molecule has 1 aromatic heterocycles. The molecule has 0 aliphatic heterocycles. The summed E-state index contributed by atoms with van der Waals surface area (Å²) in [5, 5.41) is 21.8. The lowest BCUT2D eigenvalue weighted by molar-refractivity contribution is 0.0750. The first-order valence-corrected chi connectivity index (χ1v) is 5.98. The van der Waals surface area contributed by atoms with Gasteiger partial charge in [0.15, 0.2) is 0 Å². The molecule has 1 aromatic carbocycles. The number of carbonyl (C=O) groups is 1. The van der Waals surface area contributed by atoms with Crippen LogP contribution in [0, 0.1) is 0 Å². The molecule has 0 aliphatic carbocycles. The summed E-state index contributed by atoms with van der Waals surface area (Å²) in [7, 11) is 1.56. The van der Waals surface area contributed by atoms with Gasteiger partial charge in [0.1, 0.15) is 0 Å². The number of likely N-dealkylation sites (N-methyl/N-ethyl adjacent to an activating group) is 1. The van der Waals surface area contributed by atoms with Crippen molar-refractivity contribution in [2.75, 3.05) is 25.5 Å². The molecule has 0 saturated heterocycles. The molecule has 0 fully saturated rings. The number of aliphatic hydroxyl groups is 2. The van der Waals surface area contributed by atoms with Crippen LogP contribution in [0.25, 0.3) is 10.9 Å². The summed E-state index contributed by atoms with van der Waals surface area (Å²) in [6, 6.07) is 7.13. The number of urea groups is 1. The minimum Gasteiger partial charge on any atom is -0.394 e. The van der Waals surface area contributed by atoms with E-state index in [-0.39, 0.29) is 19.2 Å². The van der Waals surface area contributed by atoms with E-state index in [9.17, 15) is 9.90 Å². The number of hydrogen-bond acceptors (Lipinski definition) is 3. The molecule has 1 heterocycles. The van der Waals surface area contributed by atoms with Gasteiger partial charge in [0.05, 0.1) is 19.3 Å². The van der Waals surface area contributed by atoms with Crippen molar-refractivity contribution in [3.63, 3.8) is 0 Å². The van der Waals surface area contributed by atoms with Crippen LogP contribution in [0.2, 0.25) is 0 Å². The summed E-state index contributed by atoms with van der Waals surface area (Å²) < 4.78 is 0. The number of anilines is 1. The van der Waals surface area contributed by atoms with E-state index in [0.29, 0.717) is 5.69 Å².